The standard InChI is InChI=1S/C16H25N5O4S/c1-2-14(24)21-6-3-11(4-7-21)18-15(25)20-13(23)10-26-16-17-9-12(19-16)5-8-22/h9,11,22H,2-8,10H2,1H3,(H,17,19)(H2,18,20,23,25). The quantitative estimate of drug-likeness (QED) is 0.500. The fraction of sp³-hybridized carbons (Fsp3) is 0.625. The minimum atomic E-state index is -0.517. The summed E-state index contributed by atoms with van der Waals surface area (Å²) in [5.41, 5.74) is 0.723. The molecule has 0 radical (unpaired) electrons. The van der Waals surface area contributed by atoms with Crippen LogP contribution in [0.1, 0.15) is 31.9 Å². The highest BCUT2D eigenvalue weighted by Gasteiger charge is 2.23. The van der Waals surface area contributed by atoms with Crippen LogP contribution in [0, 0.1) is 0 Å². The summed E-state index contributed by atoms with van der Waals surface area (Å²) < 4.78 is 0. The summed E-state index contributed by atoms with van der Waals surface area (Å²) in [6, 6.07) is -0.557. The van der Waals surface area contributed by atoms with Crippen LogP contribution in [-0.4, -0.2) is 69.3 Å². The Morgan fingerprint density at radius 1 is 1.38 bits per heavy atom. The van der Waals surface area contributed by atoms with Gasteiger partial charge in [-0.2, -0.15) is 0 Å². The number of H-pyrrole nitrogens is 1. The van der Waals surface area contributed by atoms with E-state index in [1.54, 1.807) is 11.1 Å². The van der Waals surface area contributed by atoms with E-state index in [-0.39, 0.29) is 24.3 Å². The van der Waals surface area contributed by atoms with Gasteiger partial charge in [-0.15, -0.1) is 0 Å². The number of imide groups is 1. The molecule has 9 nitrogen and oxygen atoms in total. The molecule has 1 fully saturated rings. The van der Waals surface area contributed by atoms with E-state index >= 15 is 0 Å². The van der Waals surface area contributed by atoms with Gasteiger partial charge in [-0.3, -0.25) is 14.9 Å². The maximum atomic E-state index is 11.9. The largest absolute Gasteiger partial charge is 0.396 e. The number of hydrogen-bond donors (Lipinski definition) is 4. The Bertz CT molecular complexity index is 628. The Hall–Kier alpha value is -2.07. The smallest absolute Gasteiger partial charge is 0.321 e. The zero-order valence-electron chi connectivity index (χ0n) is 14.8. The summed E-state index contributed by atoms with van der Waals surface area (Å²) in [7, 11) is 0. The van der Waals surface area contributed by atoms with Crippen molar-refractivity contribution in [1.82, 2.24) is 25.5 Å². The van der Waals surface area contributed by atoms with Gasteiger partial charge in [0.15, 0.2) is 5.16 Å². The molecule has 0 aliphatic carbocycles. The number of likely N-dealkylation sites (tertiary alicyclic amines) is 1. The fourth-order valence-electron chi connectivity index (χ4n) is 2.67. The first-order valence-corrected chi connectivity index (χ1v) is 9.66. The van der Waals surface area contributed by atoms with Gasteiger partial charge in [0, 0.05) is 44.8 Å². The molecule has 1 aromatic rings. The lowest BCUT2D eigenvalue weighted by molar-refractivity contribution is -0.131. The van der Waals surface area contributed by atoms with Crippen molar-refractivity contribution in [3.63, 3.8) is 0 Å². The number of nitrogens with zero attached hydrogens (tertiary/aromatic N) is 2. The molecule has 0 aromatic carbocycles. The lowest BCUT2D eigenvalue weighted by atomic mass is 10.1. The second-order valence-electron chi connectivity index (χ2n) is 5.99. The van der Waals surface area contributed by atoms with Crippen LogP contribution < -0.4 is 10.6 Å². The summed E-state index contributed by atoms with van der Waals surface area (Å²) in [6.07, 6.45) is 3.99. The molecule has 1 aromatic heterocycles. The number of imidazole rings is 1. The van der Waals surface area contributed by atoms with Crippen LogP contribution in [0.25, 0.3) is 0 Å². The third-order valence-corrected chi connectivity index (χ3v) is 4.94. The summed E-state index contributed by atoms with van der Waals surface area (Å²) in [5, 5.41) is 14.5. The molecule has 1 aliphatic heterocycles. The molecular weight excluding hydrogens is 358 g/mol. The topological polar surface area (TPSA) is 127 Å². The molecular formula is C16H25N5O4S. The molecule has 0 unspecified atom stereocenters. The molecule has 0 bridgehead atoms. The molecule has 0 atom stereocenters. The molecule has 10 heteroatoms. The van der Waals surface area contributed by atoms with Crippen LogP contribution in [0.5, 0.6) is 0 Å². The molecule has 0 saturated carbocycles. The first-order valence-electron chi connectivity index (χ1n) is 8.67. The highest BCUT2D eigenvalue weighted by Crippen LogP contribution is 2.14. The van der Waals surface area contributed by atoms with Gasteiger partial charge in [-0.25, -0.2) is 9.78 Å². The Kier molecular flexibility index (Phi) is 7.92. The number of aliphatic hydroxyl groups is 1. The Labute approximate surface area is 156 Å². The number of nitrogens with one attached hydrogen (secondary N) is 3. The zero-order valence-corrected chi connectivity index (χ0v) is 15.6. The normalized spacial score (nSPS) is 14.9. The summed E-state index contributed by atoms with van der Waals surface area (Å²) in [6.45, 7) is 3.09. The van der Waals surface area contributed by atoms with Gasteiger partial charge in [0.2, 0.25) is 11.8 Å². The van der Waals surface area contributed by atoms with Gasteiger partial charge in [0.25, 0.3) is 0 Å². The second kappa shape index (κ2) is 10.2. The third-order valence-electron chi connectivity index (χ3n) is 4.05. The summed E-state index contributed by atoms with van der Waals surface area (Å²) in [4.78, 5) is 44.3. The van der Waals surface area contributed by atoms with Gasteiger partial charge in [-0.1, -0.05) is 18.7 Å². The SMILES string of the molecule is CCC(=O)N1CCC(NC(=O)NC(=O)CSc2nc(CCO)c[nH]2)CC1. The van der Waals surface area contributed by atoms with Crippen molar-refractivity contribution >= 4 is 29.6 Å². The number of urea groups is 1. The molecule has 0 spiro atoms. The fourth-order valence-corrected chi connectivity index (χ4v) is 3.34. The second-order valence-corrected chi connectivity index (χ2v) is 6.95. The van der Waals surface area contributed by atoms with Crippen molar-refractivity contribution < 1.29 is 19.5 Å². The van der Waals surface area contributed by atoms with Gasteiger partial charge < -0.3 is 20.3 Å². The van der Waals surface area contributed by atoms with Gasteiger partial charge in [0.05, 0.1) is 11.4 Å². The van der Waals surface area contributed by atoms with Crippen molar-refractivity contribution in [3.05, 3.63) is 11.9 Å². The molecule has 4 N–H and O–H groups in total. The molecule has 26 heavy (non-hydrogen) atoms. The van der Waals surface area contributed by atoms with E-state index in [1.165, 1.54) is 11.8 Å². The van der Waals surface area contributed by atoms with Crippen LogP contribution in [0.3, 0.4) is 0 Å². The Balaban J connectivity index is 1.65. The van der Waals surface area contributed by atoms with Crippen molar-refractivity contribution in [1.29, 1.82) is 0 Å². The highest BCUT2D eigenvalue weighted by atomic mass is 32.2. The Morgan fingerprint density at radius 2 is 2.12 bits per heavy atom. The highest BCUT2D eigenvalue weighted by molar-refractivity contribution is 7.99. The maximum absolute atomic E-state index is 11.9. The third kappa shape index (κ3) is 6.34. The van der Waals surface area contributed by atoms with E-state index in [2.05, 4.69) is 20.6 Å². The average molecular weight is 383 g/mol. The van der Waals surface area contributed by atoms with Gasteiger partial charge in [-0.05, 0) is 12.8 Å². The predicted octanol–water partition coefficient (Wildman–Crippen LogP) is 0.263. The number of carbonyl (C=O) groups is 3. The number of aromatic amines is 1. The summed E-state index contributed by atoms with van der Waals surface area (Å²) >= 11 is 1.18. The number of thioether (sulfide) groups is 1. The molecule has 1 aliphatic rings. The van der Waals surface area contributed by atoms with E-state index in [0.29, 0.717) is 43.9 Å². The van der Waals surface area contributed by atoms with E-state index < -0.39 is 11.9 Å². The maximum Gasteiger partial charge on any atom is 0.321 e. The van der Waals surface area contributed by atoms with E-state index in [0.717, 1.165) is 5.69 Å². The number of aromatic nitrogens is 2. The van der Waals surface area contributed by atoms with E-state index in [4.69, 9.17) is 5.11 Å². The number of aliphatic hydroxyl groups excluding tert-OH is 1. The van der Waals surface area contributed by atoms with Crippen molar-refractivity contribution in [2.45, 2.75) is 43.8 Å². The predicted molar refractivity (Wildman–Crippen MR) is 96.7 cm³/mol. The zero-order chi connectivity index (χ0) is 18.9. The number of amides is 4. The number of rotatable bonds is 7. The van der Waals surface area contributed by atoms with Crippen LogP contribution in [-0.2, 0) is 16.0 Å². The minimum Gasteiger partial charge on any atom is -0.396 e. The first kappa shape index (κ1) is 20.2. The number of piperidine rings is 1. The van der Waals surface area contributed by atoms with Crippen LogP contribution in [0.4, 0.5) is 4.79 Å². The van der Waals surface area contributed by atoms with Crippen molar-refractivity contribution in [3.8, 4) is 0 Å². The lowest BCUT2D eigenvalue weighted by Crippen LogP contribution is -2.50. The molecule has 144 valence electrons. The number of hydrogen-bond acceptors (Lipinski definition) is 6. The van der Waals surface area contributed by atoms with Gasteiger partial charge >= 0.3 is 6.03 Å². The number of carbonyl (C=O) groups excluding carboxylic acids is 3. The first-order chi connectivity index (χ1) is 12.5. The molecule has 4 amide bonds. The summed E-state index contributed by atoms with van der Waals surface area (Å²) in [5.74, 6) is -0.227. The minimum absolute atomic E-state index is 0.0150. The van der Waals surface area contributed by atoms with Crippen LogP contribution in [0.15, 0.2) is 11.4 Å². The molecule has 2 rings (SSSR count). The average Bonchev–Trinajstić information content (AvgIpc) is 3.08. The molecule has 1 saturated heterocycles. The lowest BCUT2D eigenvalue weighted by Gasteiger charge is -2.32. The monoisotopic (exact) mass is 383 g/mol. The van der Waals surface area contributed by atoms with Crippen molar-refractivity contribution in [2.24, 2.45) is 0 Å². The van der Waals surface area contributed by atoms with E-state index in [9.17, 15) is 14.4 Å². The van der Waals surface area contributed by atoms with Crippen LogP contribution in [0.2, 0.25) is 0 Å². The van der Waals surface area contributed by atoms with Crippen molar-refractivity contribution in [2.75, 3.05) is 25.4 Å². The van der Waals surface area contributed by atoms with E-state index in [1.807, 2.05) is 6.92 Å². The Morgan fingerprint density at radius 3 is 2.77 bits per heavy atom. The molecule has 2 heterocycles. The van der Waals surface area contributed by atoms with Crippen LogP contribution >= 0.6 is 11.8 Å². The van der Waals surface area contributed by atoms with Gasteiger partial charge in [0.1, 0.15) is 0 Å².